The number of hydrogen-bond acceptors (Lipinski definition) is 2. The lowest BCUT2D eigenvalue weighted by Gasteiger charge is -2.24. The zero-order valence-corrected chi connectivity index (χ0v) is 12.2. The zero-order chi connectivity index (χ0) is 11.4. The molecule has 0 N–H and O–H groups in total. The maximum atomic E-state index is 6.02. The average Bonchev–Trinajstić information content (AvgIpc) is 2.57. The van der Waals surface area contributed by atoms with E-state index in [0.29, 0.717) is 0 Å². The quantitative estimate of drug-likeness (QED) is 0.752. The lowest BCUT2D eigenvalue weighted by molar-refractivity contribution is 0.813. The van der Waals surface area contributed by atoms with Gasteiger partial charge in [-0.25, -0.2) is 0 Å². The molecule has 1 nitrogen and oxygen atoms in total. The summed E-state index contributed by atoms with van der Waals surface area (Å²) in [5, 5.41) is 1.69. The minimum atomic E-state index is 0.822. The molecule has 0 aliphatic carbocycles. The highest BCUT2D eigenvalue weighted by Gasteiger charge is 2.13. The summed E-state index contributed by atoms with van der Waals surface area (Å²) in [6.07, 6.45) is 1.27. The largest absolute Gasteiger partial charge is 0.370 e. The number of halogens is 2. The van der Waals surface area contributed by atoms with Crippen LogP contribution in [0.3, 0.4) is 0 Å². The van der Waals surface area contributed by atoms with Gasteiger partial charge in [0.1, 0.15) is 0 Å². The van der Waals surface area contributed by atoms with Crippen LogP contribution in [0.4, 0.5) is 5.69 Å². The fourth-order valence-corrected chi connectivity index (χ4v) is 3.49. The molecule has 0 amide bonds. The van der Waals surface area contributed by atoms with Crippen LogP contribution in [0.1, 0.15) is 12.0 Å². The van der Waals surface area contributed by atoms with Gasteiger partial charge in [0.2, 0.25) is 0 Å². The molecule has 88 valence electrons. The Morgan fingerprint density at radius 1 is 1.31 bits per heavy atom. The van der Waals surface area contributed by atoms with Crippen molar-refractivity contribution >= 4 is 45.0 Å². The molecule has 1 aliphatic rings. The summed E-state index contributed by atoms with van der Waals surface area (Å²) in [4.78, 5) is 2.48. The Labute approximate surface area is 115 Å². The van der Waals surface area contributed by atoms with Gasteiger partial charge in [0.05, 0.1) is 0 Å². The van der Waals surface area contributed by atoms with Gasteiger partial charge in [0.25, 0.3) is 0 Å². The summed E-state index contributed by atoms with van der Waals surface area (Å²) < 4.78 is 0. The zero-order valence-electron chi connectivity index (χ0n) is 9.09. The van der Waals surface area contributed by atoms with Gasteiger partial charge in [-0.05, 0) is 35.9 Å². The number of alkyl halides is 1. The molecule has 0 bridgehead atoms. The van der Waals surface area contributed by atoms with Gasteiger partial charge in [0.15, 0.2) is 0 Å². The second-order valence-electron chi connectivity index (χ2n) is 3.86. The number of rotatable bonds is 2. The van der Waals surface area contributed by atoms with E-state index in [1.807, 2.05) is 6.07 Å². The summed E-state index contributed by atoms with van der Waals surface area (Å²) in [7, 11) is 0. The average molecular weight is 321 g/mol. The number of benzene rings is 1. The molecule has 1 aromatic rings. The Bertz CT molecular complexity index is 351. The van der Waals surface area contributed by atoms with E-state index in [1.165, 1.54) is 29.2 Å². The molecule has 16 heavy (non-hydrogen) atoms. The van der Waals surface area contributed by atoms with Crippen LogP contribution < -0.4 is 4.90 Å². The molecule has 0 aromatic heterocycles. The molecule has 1 heterocycles. The Kier molecular flexibility index (Phi) is 4.86. The lowest BCUT2D eigenvalue weighted by atomic mass is 10.1. The van der Waals surface area contributed by atoms with Crippen LogP contribution in [0.25, 0.3) is 0 Å². The SMILES string of the molecule is Clc1ccc(N2CCCSCC2)c(CBr)c1. The number of hydrogen-bond donors (Lipinski definition) is 0. The molecule has 0 atom stereocenters. The van der Waals surface area contributed by atoms with Crippen molar-refractivity contribution in [1.29, 1.82) is 0 Å². The fraction of sp³-hybridized carbons (Fsp3) is 0.500. The smallest absolute Gasteiger partial charge is 0.0410 e. The fourth-order valence-electron chi connectivity index (χ4n) is 1.96. The van der Waals surface area contributed by atoms with Crippen LogP contribution in [-0.2, 0) is 5.33 Å². The number of anilines is 1. The van der Waals surface area contributed by atoms with Gasteiger partial charge in [0, 0.05) is 34.9 Å². The Balaban J connectivity index is 2.23. The van der Waals surface area contributed by atoms with Crippen LogP contribution in [0.2, 0.25) is 5.02 Å². The molecule has 1 aliphatic heterocycles. The van der Waals surface area contributed by atoms with Crippen molar-refractivity contribution in [3.05, 3.63) is 28.8 Å². The van der Waals surface area contributed by atoms with Crippen molar-refractivity contribution in [2.45, 2.75) is 11.8 Å². The van der Waals surface area contributed by atoms with Crippen molar-refractivity contribution in [1.82, 2.24) is 0 Å². The molecular weight excluding hydrogens is 306 g/mol. The van der Waals surface area contributed by atoms with Crippen LogP contribution in [0.5, 0.6) is 0 Å². The van der Waals surface area contributed by atoms with E-state index in [9.17, 15) is 0 Å². The third-order valence-corrected chi connectivity index (χ3v) is 4.64. The molecular formula is C12H15BrClNS. The van der Waals surface area contributed by atoms with Crippen LogP contribution >= 0.6 is 39.3 Å². The first-order valence-corrected chi connectivity index (χ1v) is 8.14. The van der Waals surface area contributed by atoms with E-state index in [0.717, 1.165) is 23.4 Å². The summed E-state index contributed by atoms with van der Waals surface area (Å²) in [5.41, 5.74) is 2.63. The molecule has 1 aromatic carbocycles. The molecule has 0 radical (unpaired) electrons. The van der Waals surface area contributed by atoms with Crippen molar-refractivity contribution in [3.63, 3.8) is 0 Å². The number of nitrogens with zero attached hydrogens (tertiary/aromatic N) is 1. The standard InChI is InChI=1S/C12H15BrClNS/c13-9-10-8-11(14)2-3-12(10)15-4-1-6-16-7-5-15/h2-3,8H,1,4-7,9H2. The first-order valence-electron chi connectivity index (χ1n) is 5.48. The van der Waals surface area contributed by atoms with E-state index in [4.69, 9.17) is 11.6 Å². The van der Waals surface area contributed by atoms with Crippen molar-refractivity contribution < 1.29 is 0 Å². The van der Waals surface area contributed by atoms with Gasteiger partial charge in [-0.1, -0.05) is 27.5 Å². The van der Waals surface area contributed by atoms with Crippen LogP contribution in [-0.4, -0.2) is 24.6 Å². The lowest BCUT2D eigenvalue weighted by Crippen LogP contribution is -2.26. The first kappa shape index (κ1) is 12.6. The second kappa shape index (κ2) is 6.18. The van der Waals surface area contributed by atoms with Crippen molar-refractivity contribution in [3.8, 4) is 0 Å². The molecule has 1 fully saturated rings. The minimum absolute atomic E-state index is 0.822. The van der Waals surface area contributed by atoms with E-state index in [-0.39, 0.29) is 0 Å². The molecule has 0 unspecified atom stereocenters. The topological polar surface area (TPSA) is 3.24 Å². The van der Waals surface area contributed by atoms with Gasteiger partial charge in [-0.3, -0.25) is 0 Å². The first-order chi connectivity index (χ1) is 7.81. The van der Waals surface area contributed by atoms with Gasteiger partial charge in [-0.2, -0.15) is 11.8 Å². The summed E-state index contributed by atoms with van der Waals surface area (Å²) in [5.74, 6) is 2.51. The van der Waals surface area contributed by atoms with E-state index < -0.39 is 0 Å². The third kappa shape index (κ3) is 3.08. The van der Waals surface area contributed by atoms with Crippen LogP contribution in [0.15, 0.2) is 18.2 Å². The van der Waals surface area contributed by atoms with E-state index >= 15 is 0 Å². The highest BCUT2D eigenvalue weighted by Crippen LogP contribution is 2.27. The summed E-state index contributed by atoms with van der Waals surface area (Å²) >= 11 is 11.6. The van der Waals surface area contributed by atoms with Gasteiger partial charge < -0.3 is 4.90 Å². The summed E-state index contributed by atoms with van der Waals surface area (Å²) in [6.45, 7) is 2.31. The highest BCUT2D eigenvalue weighted by atomic mass is 79.9. The Morgan fingerprint density at radius 3 is 3.00 bits per heavy atom. The predicted molar refractivity (Wildman–Crippen MR) is 78.2 cm³/mol. The summed E-state index contributed by atoms with van der Waals surface area (Å²) in [6, 6.07) is 6.19. The maximum Gasteiger partial charge on any atom is 0.0410 e. The van der Waals surface area contributed by atoms with Crippen molar-refractivity contribution in [2.75, 3.05) is 29.5 Å². The van der Waals surface area contributed by atoms with Crippen molar-refractivity contribution in [2.24, 2.45) is 0 Å². The second-order valence-corrected chi connectivity index (χ2v) is 6.08. The highest BCUT2D eigenvalue weighted by molar-refractivity contribution is 9.08. The third-order valence-electron chi connectivity index (χ3n) is 2.75. The molecule has 2 rings (SSSR count). The maximum absolute atomic E-state index is 6.02. The minimum Gasteiger partial charge on any atom is -0.370 e. The monoisotopic (exact) mass is 319 g/mol. The Morgan fingerprint density at radius 2 is 2.19 bits per heavy atom. The van der Waals surface area contributed by atoms with Crippen LogP contribution in [0, 0.1) is 0 Å². The van der Waals surface area contributed by atoms with E-state index in [1.54, 1.807) is 0 Å². The van der Waals surface area contributed by atoms with Gasteiger partial charge in [-0.15, -0.1) is 0 Å². The van der Waals surface area contributed by atoms with Gasteiger partial charge >= 0.3 is 0 Å². The predicted octanol–water partition coefficient (Wildman–Crippen LogP) is 4.18. The molecule has 0 saturated carbocycles. The number of thioether (sulfide) groups is 1. The van der Waals surface area contributed by atoms with E-state index in [2.05, 4.69) is 44.7 Å². The molecule has 4 heteroatoms. The Hall–Kier alpha value is 0.140. The molecule has 0 spiro atoms. The molecule has 1 saturated heterocycles. The normalized spacial score (nSPS) is 17.2.